The summed E-state index contributed by atoms with van der Waals surface area (Å²) < 4.78 is 1.85. The maximum Gasteiger partial charge on any atom is 0.149 e. The van der Waals surface area contributed by atoms with E-state index in [1.165, 1.54) is 0 Å². The third kappa shape index (κ3) is 2.17. The van der Waals surface area contributed by atoms with E-state index >= 15 is 0 Å². The lowest BCUT2D eigenvalue weighted by Crippen LogP contribution is -2.28. The summed E-state index contributed by atoms with van der Waals surface area (Å²) in [6.45, 7) is 2.77. The Balaban J connectivity index is 2.86. The van der Waals surface area contributed by atoms with Crippen molar-refractivity contribution in [1.29, 1.82) is 0 Å². The standard InChI is InChI=1S/C9H19N5/c1-4-7(10)6-14-9(13(2)3)8(11)5-12-14/h5,7H,4,6,10-11H2,1-3H3. The van der Waals surface area contributed by atoms with Crippen molar-refractivity contribution >= 4 is 11.5 Å². The molecule has 1 heterocycles. The molecule has 1 unspecified atom stereocenters. The van der Waals surface area contributed by atoms with E-state index in [0.29, 0.717) is 12.2 Å². The Kier molecular flexibility index (Phi) is 3.35. The Morgan fingerprint density at radius 3 is 2.71 bits per heavy atom. The van der Waals surface area contributed by atoms with Crippen LogP contribution < -0.4 is 16.4 Å². The molecule has 1 aromatic heterocycles. The molecule has 0 spiro atoms. The van der Waals surface area contributed by atoms with Crippen LogP contribution in [0.15, 0.2) is 6.20 Å². The van der Waals surface area contributed by atoms with Gasteiger partial charge in [-0.05, 0) is 6.42 Å². The fourth-order valence-electron chi connectivity index (χ4n) is 1.37. The molecule has 5 nitrogen and oxygen atoms in total. The maximum absolute atomic E-state index is 5.86. The summed E-state index contributed by atoms with van der Waals surface area (Å²) in [5.41, 5.74) is 12.3. The van der Waals surface area contributed by atoms with Crippen LogP contribution >= 0.6 is 0 Å². The minimum absolute atomic E-state index is 0.132. The first kappa shape index (κ1) is 10.8. The van der Waals surface area contributed by atoms with Crippen molar-refractivity contribution in [2.45, 2.75) is 25.9 Å². The molecule has 0 aromatic carbocycles. The van der Waals surface area contributed by atoms with E-state index in [1.54, 1.807) is 6.20 Å². The van der Waals surface area contributed by atoms with Gasteiger partial charge in [0.15, 0.2) is 0 Å². The summed E-state index contributed by atoms with van der Waals surface area (Å²) in [7, 11) is 3.89. The van der Waals surface area contributed by atoms with E-state index in [0.717, 1.165) is 12.2 Å². The molecule has 0 amide bonds. The van der Waals surface area contributed by atoms with Crippen LogP contribution in [0.5, 0.6) is 0 Å². The zero-order chi connectivity index (χ0) is 10.7. The minimum Gasteiger partial charge on any atom is -0.394 e. The molecule has 0 aliphatic heterocycles. The fourth-order valence-corrected chi connectivity index (χ4v) is 1.37. The van der Waals surface area contributed by atoms with Crippen LogP contribution in [-0.4, -0.2) is 29.9 Å². The van der Waals surface area contributed by atoms with Gasteiger partial charge < -0.3 is 16.4 Å². The average Bonchev–Trinajstić information content (AvgIpc) is 2.46. The highest BCUT2D eigenvalue weighted by molar-refractivity contribution is 5.61. The van der Waals surface area contributed by atoms with Gasteiger partial charge in [-0.3, -0.25) is 0 Å². The second-order valence-corrected chi connectivity index (χ2v) is 3.67. The molecular weight excluding hydrogens is 178 g/mol. The van der Waals surface area contributed by atoms with E-state index in [2.05, 4.69) is 12.0 Å². The molecule has 1 atom stereocenters. The van der Waals surface area contributed by atoms with Crippen LogP contribution in [-0.2, 0) is 6.54 Å². The predicted molar refractivity (Wildman–Crippen MR) is 59.2 cm³/mol. The third-order valence-electron chi connectivity index (χ3n) is 2.19. The SMILES string of the molecule is CCC(N)Cn1ncc(N)c1N(C)C. The molecule has 1 aromatic rings. The summed E-state index contributed by atoms with van der Waals surface area (Å²) in [6, 6.07) is 0.132. The Bertz CT molecular complexity index is 291. The van der Waals surface area contributed by atoms with Crippen molar-refractivity contribution in [3.8, 4) is 0 Å². The molecule has 0 radical (unpaired) electrons. The van der Waals surface area contributed by atoms with Crippen LogP contribution in [0.4, 0.5) is 11.5 Å². The van der Waals surface area contributed by atoms with Gasteiger partial charge >= 0.3 is 0 Å². The van der Waals surface area contributed by atoms with Gasteiger partial charge in [0.1, 0.15) is 5.82 Å². The zero-order valence-corrected chi connectivity index (χ0v) is 9.07. The van der Waals surface area contributed by atoms with Crippen LogP contribution in [0.25, 0.3) is 0 Å². The summed E-state index contributed by atoms with van der Waals surface area (Å²) in [6.07, 6.45) is 2.60. The van der Waals surface area contributed by atoms with Crippen molar-refractivity contribution in [2.24, 2.45) is 5.73 Å². The van der Waals surface area contributed by atoms with Crippen molar-refractivity contribution < 1.29 is 0 Å². The van der Waals surface area contributed by atoms with Gasteiger partial charge in [0.05, 0.1) is 18.4 Å². The highest BCUT2D eigenvalue weighted by Crippen LogP contribution is 2.20. The van der Waals surface area contributed by atoms with Crippen molar-refractivity contribution in [1.82, 2.24) is 9.78 Å². The summed E-state index contributed by atoms with van der Waals surface area (Å²) in [5.74, 6) is 0.925. The first-order chi connectivity index (χ1) is 6.56. The quantitative estimate of drug-likeness (QED) is 0.726. The van der Waals surface area contributed by atoms with E-state index in [-0.39, 0.29) is 6.04 Å². The molecule has 0 aliphatic rings. The number of hydrogen-bond donors (Lipinski definition) is 2. The Morgan fingerprint density at radius 1 is 1.57 bits per heavy atom. The van der Waals surface area contributed by atoms with Gasteiger partial charge in [-0.15, -0.1) is 0 Å². The smallest absolute Gasteiger partial charge is 0.149 e. The molecule has 0 aliphatic carbocycles. The molecule has 0 bridgehead atoms. The number of aromatic nitrogens is 2. The van der Waals surface area contributed by atoms with Gasteiger partial charge in [0, 0.05) is 20.1 Å². The third-order valence-corrected chi connectivity index (χ3v) is 2.19. The summed E-state index contributed by atoms with van der Waals surface area (Å²) in [5, 5.41) is 4.19. The van der Waals surface area contributed by atoms with Crippen molar-refractivity contribution in [3.63, 3.8) is 0 Å². The van der Waals surface area contributed by atoms with Crippen molar-refractivity contribution in [3.05, 3.63) is 6.20 Å². The van der Waals surface area contributed by atoms with E-state index < -0.39 is 0 Å². The molecule has 0 fully saturated rings. The highest BCUT2D eigenvalue weighted by atomic mass is 15.4. The van der Waals surface area contributed by atoms with Crippen molar-refractivity contribution in [2.75, 3.05) is 24.7 Å². The van der Waals surface area contributed by atoms with Crippen LogP contribution in [0.1, 0.15) is 13.3 Å². The summed E-state index contributed by atoms with van der Waals surface area (Å²) >= 11 is 0. The van der Waals surface area contributed by atoms with Gasteiger partial charge in [-0.2, -0.15) is 5.10 Å². The second-order valence-electron chi connectivity index (χ2n) is 3.67. The van der Waals surface area contributed by atoms with Gasteiger partial charge in [0.2, 0.25) is 0 Å². The highest BCUT2D eigenvalue weighted by Gasteiger charge is 2.11. The predicted octanol–water partition coefficient (Wildman–Crippen LogP) is 0.269. The molecule has 0 saturated heterocycles. The van der Waals surface area contributed by atoms with Gasteiger partial charge in [-0.25, -0.2) is 4.68 Å². The first-order valence-corrected chi connectivity index (χ1v) is 4.80. The van der Waals surface area contributed by atoms with Gasteiger partial charge in [0.25, 0.3) is 0 Å². The minimum atomic E-state index is 0.132. The lowest BCUT2D eigenvalue weighted by atomic mass is 10.2. The largest absolute Gasteiger partial charge is 0.394 e. The van der Waals surface area contributed by atoms with Crippen LogP contribution in [0.2, 0.25) is 0 Å². The average molecular weight is 197 g/mol. The Labute approximate surface area is 84.7 Å². The molecule has 4 N–H and O–H groups in total. The maximum atomic E-state index is 5.86. The lowest BCUT2D eigenvalue weighted by molar-refractivity contribution is 0.501. The molecular formula is C9H19N5. The number of anilines is 2. The number of nitrogen functional groups attached to an aromatic ring is 1. The lowest BCUT2D eigenvalue weighted by Gasteiger charge is -2.17. The van der Waals surface area contributed by atoms with Crippen LogP contribution in [0, 0.1) is 0 Å². The number of nitrogens with two attached hydrogens (primary N) is 2. The number of hydrogen-bond acceptors (Lipinski definition) is 4. The van der Waals surface area contributed by atoms with Gasteiger partial charge in [-0.1, -0.05) is 6.92 Å². The monoisotopic (exact) mass is 197 g/mol. The zero-order valence-electron chi connectivity index (χ0n) is 9.07. The molecule has 1 rings (SSSR count). The number of nitrogens with zero attached hydrogens (tertiary/aromatic N) is 3. The molecule has 0 saturated carbocycles. The molecule has 80 valence electrons. The Morgan fingerprint density at radius 2 is 2.21 bits per heavy atom. The number of rotatable bonds is 4. The van der Waals surface area contributed by atoms with Crippen LogP contribution in [0.3, 0.4) is 0 Å². The molecule has 14 heavy (non-hydrogen) atoms. The first-order valence-electron chi connectivity index (χ1n) is 4.80. The van der Waals surface area contributed by atoms with E-state index in [9.17, 15) is 0 Å². The fraction of sp³-hybridized carbons (Fsp3) is 0.667. The Hall–Kier alpha value is -1.23. The normalized spacial score (nSPS) is 12.9. The topological polar surface area (TPSA) is 73.1 Å². The molecule has 5 heteroatoms. The summed E-state index contributed by atoms with van der Waals surface area (Å²) in [4.78, 5) is 1.95. The van der Waals surface area contributed by atoms with E-state index in [1.807, 2.05) is 23.7 Å². The second kappa shape index (κ2) is 4.32. The van der Waals surface area contributed by atoms with E-state index in [4.69, 9.17) is 11.5 Å².